The van der Waals surface area contributed by atoms with Gasteiger partial charge in [0.05, 0.1) is 41.3 Å². The molecule has 11 bridgehead atoms. The Balaban J connectivity index is 0.00000403. The molecule has 7 aliphatic heterocycles. The van der Waals surface area contributed by atoms with Gasteiger partial charge in [0.15, 0.2) is 29.9 Å². The second-order valence-electron chi connectivity index (χ2n) is 25.7. The predicted molar refractivity (Wildman–Crippen MR) is 383 cm³/mol. The highest BCUT2D eigenvalue weighted by Crippen LogP contribution is 2.50. The van der Waals surface area contributed by atoms with Crippen molar-refractivity contribution in [2.75, 3.05) is 13.7 Å². The second-order valence-corrected chi connectivity index (χ2v) is 26.5. The highest BCUT2D eigenvalue weighted by atomic mass is 35.5. The third kappa shape index (κ3) is 18.4. The summed E-state index contributed by atoms with van der Waals surface area (Å²) in [6.07, 6.45) is -18.6. The van der Waals surface area contributed by atoms with Gasteiger partial charge in [0, 0.05) is 34.7 Å². The lowest BCUT2D eigenvalue weighted by atomic mass is 9.86. The first-order chi connectivity index (χ1) is 47.7. The minimum atomic E-state index is -2.35. The molecule has 5 aromatic carbocycles. The Morgan fingerprint density at radius 2 is 1.26 bits per heavy atom. The number of aliphatic hydroxyl groups is 6. The number of amides is 7. The number of aliphatic carboxylic acids is 1. The zero-order chi connectivity index (χ0) is 73.5. The van der Waals surface area contributed by atoms with E-state index in [-0.39, 0.29) is 83.4 Å². The van der Waals surface area contributed by atoms with E-state index in [1.807, 2.05) is 13.8 Å². The number of rotatable bonds is 13. The standard InChI is InChI=1S/C66H75Cl2N9O24.5CH4/c1-23(2)12-34(71-5)58(88)76-49-51(83)26-7-10-38(32(67)14-26)97-40-16-28-17-41(55(40)101-65-56(54(86)53(85)42(22-78)99-65)100-44-21-66(4,70)57(87)24(3)96-44)98-39-11-8-27(15-33(39)68)52(84)50-63(93)75-48(64(94)95)31-18-29(79)19-37(81)45(31)30-13-25(6-9-36(30)80)46(60(90)77-50)74-61(91)47(28)73-59(89)35(20-43(69)82)72-62(49)92;;;;;/h6-11,13-19,23-24,34-35,42,44,46-54,56-57,65,71,78-81,83-87H,12,20-22,70H2,1-5H3,(H2,69,82)(H,72,92)(H,73,89)(H,74,91)(H,75,93)(H,76,88)(H,77,90)(H,94,95);5*1H4/t24?,34-,35+,42?,44?,46-,47-,48+,49-,50+,51-,52-,53?,54?,56?,57?,65?,66?;;;;;/m1...../s1. The maximum absolute atomic E-state index is 16.0. The zero-order valence-corrected chi connectivity index (χ0v) is 55.8. The van der Waals surface area contributed by atoms with E-state index in [2.05, 4.69) is 37.2 Å². The zero-order valence-electron chi connectivity index (χ0n) is 54.3. The van der Waals surface area contributed by atoms with Crippen molar-refractivity contribution in [2.45, 2.75) is 193 Å². The van der Waals surface area contributed by atoms with Gasteiger partial charge in [0.1, 0.15) is 89.5 Å². The number of benzene rings is 5. The molecule has 0 aliphatic carbocycles. The fraction of sp³-hybridized carbons (Fsp3) is 0.465. The fourth-order valence-electron chi connectivity index (χ4n) is 12.5. The molecule has 2 fully saturated rings. The summed E-state index contributed by atoms with van der Waals surface area (Å²) >= 11 is 14.1. The van der Waals surface area contributed by atoms with Crippen molar-refractivity contribution in [3.8, 4) is 57.1 Å². The monoisotopic (exact) mass is 1530 g/mol. The van der Waals surface area contributed by atoms with Crippen LogP contribution in [0.1, 0.15) is 142 Å². The summed E-state index contributed by atoms with van der Waals surface area (Å²) in [5, 5.41) is 131. The van der Waals surface area contributed by atoms with Crippen molar-refractivity contribution in [3.05, 3.63) is 117 Å². The van der Waals surface area contributed by atoms with Crippen molar-refractivity contribution in [1.29, 1.82) is 0 Å². The Morgan fingerprint density at radius 1 is 0.689 bits per heavy atom. The number of aliphatic hydroxyl groups excluding tert-OH is 6. The molecule has 0 spiro atoms. The van der Waals surface area contributed by atoms with Crippen LogP contribution in [0.25, 0.3) is 11.1 Å². The summed E-state index contributed by atoms with van der Waals surface area (Å²) < 4.78 is 38.3. The molecule has 0 saturated carbocycles. The quantitative estimate of drug-likeness (QED) is 0.0804. The van der Waals surface area contributed by atoms with E-state index in [0.717, 1.165) is 66.7 Å². The molecule has 582 valence electrons. The maximum atomic E-state index is 16.0. The number of nitrogens with one attached hydrogen (secondary N) is 7. The number of halogens is 2. The first kappa shape index (κ1) is 87.4. The highest BCUT2D eigenvalue weighted by molar-refractivity contribution is 6.32. The molecule has 0 aromatic heterocycles. The number of fused-ring (bicyclic) bond motifs is 15. The summed E-state index contributed by atoms with van der Waals surface area (Å²) in [6, 6.07) is -0.679. The van der Waals surface area contributed by atoms with Gasteiger partial charge in [-0.2, -0.15) is 0 Å². The molecular weight excluding hydrogens is 1430 g/mol. The number of phenolic OH excluding ortho intramolecular Hbond substituents is 3. The number of carbonyl (C=O) groups excluding carboxylic acids is 7. The van der Waals surface area contributed by atoms with Gasteiger partial charge in [0.25, 0.3) is 0 Å². The summed E-state index contributed by atoms with van der Waals surface area (Å²) in [6.45, 7) is 5.66. The SMILES string of the molecule is C.C.C.C.C.CN[C@H](CC(C)C)C(=O)N[C@H]1C(=O)N[C@@H](CC(N)=O)C(=O)N[C@H]2C(=O)N[C@H]3C(=O)N[C@H](C(=O)N[C@H](C(=O)O)c4cc(O)cc(O)c4-c4cc3ccc4O)[C@H](O)c3ccc(c(Cl)c3)Oc3cc2cc(c3OC2OC(CO)C(O)C(O)C2OC2CC(C)(N)C(O)C(C)O2)Oc2ccc(cc2Cl)[C@H]1O. The minimum absolute atomic E-state index is 0. The number of hydrogen-bond acceptors (Lipinski definition) is 25. The van der Waals surface area contributed by atoms with Gasteiger partial charge in [-0.3, -0.25) is 33.6 Å². The molecule has 106 heavy (non-hydrogen) atoms. The molecule has 12 rings (SSSR count). The van der Waals surface area contributed by atoms with Crippen molar-refractivity contribution in [3.63, 3.8) is 0 Å². The van der Waals surface area contributed by atoms with E-state index >= 15 is 14.4 Å². The Kier molecular flexibility index (Phi) is 29.3. The molecule has 33 nitrogen and oxygen atoms in total. The normalized spacial score (nSPS) is 28.0. The number of aromatic hydroxyl groups is 3. The summed E-state index contributed by atoms with van der Waals surface area (Å²) in [5.74, 6) is -16.0. The van der Waals surface area contributed by atoms with E-state index in [4.69, 9.17) is 63.1 Å². The third-order valence-electron chi connectivity index (χ3n) is 17.8. The van der Waals surface area contributed by atoms with E-state index in [0.29, 0.717) is 0 Å². The average molecular weight is 1530 g/mol. The van der Waals surface area contributed by atoms with Gasteiger partial charge in [-0.1, -0.05) is 92.4 Å². The fourth-order valence-corrected chi connectivity index (χ4v) is 12.9. The molecule has 21 N–H and O–H groups in total. The van der Waals surface area contributed by atoms with Gasteiger partial charge < -0.3 is 128 Å². The van der Waals surface area contributed by atoms with Crippen LogP contribution in [0.4, 0.5) is 0 Å². The molecule has 5 aromatic rings. The van der Waals surface area contributed by atoms with Gasteiger partial charge in [-0.05, 0) is 110 Å². The smallest absolute Gasteiger partial charge is 0.330 e. The summed E-state index contributed by atoms with van der Waals surface area (Å²) in [7, 11) is 1.47. The summed E-state index contributed by atoms with van der Waals surface area (Å²) in [4.78, 5) is 117. The largest absolute Gasteiger partial charge is 0.508 e. The van der Waals surface area contributed by atoms with Crippen LogP contribution in [0.2, 0.25) is 10.0 Å². The molecule has 7 amide bonds. The van der Waals surface area contributed by atoms with Crippen molar-refractivity contribution >= 4 is 70.5 Å². The number of carboxylic acid groups (broad SMARTS) is 1. The van der Waals surface area contributed by atoms with Crippen molar-refractivity contribution in [2.24, 2.45) is 17.4 Å². The van der Waals surface area contributed by atoms with E-state index in [1.54, 1.807) is 0 Å². The van der Waals surface area contributed by atoms with Crippen LogP contribution < -0.4 is 62.9 Å². The number of nitrogens with two attached hydrogens (primary N) is 2. The van der Waals surface area contributed by atoms with Crippen LogP contribution in [0.15, 0.2) is 78.9 Å². The molecule has 18 atom stereocenters. The Bertz CT molecular complexity index is 4080. The first-order valence-electron chi connectivity index (χ1n) is 31.6. The van der Waals surface area contributed by atoms with Crippen LogP contribution in [0.5, 0.6) is 46.0 Å². The number of likely N-dealkylation sites (N-methyl/N-ethyl adjacent to an activating group) is 1. The van der Waals surface area contributed by atoms with Gasteiger partial charge in [-0.15, -0.1) is 0 Å². The number of hydrogen-bond donors (Lipinski definition) is 19. The van der Waals surface area contributed by atoms with Crippen LogP contribution >= 0.6 is 23.2 Å². The molecule has 7 heterocycles. The Hall–Kier alpha value is -9.20. The van der Waals surface area contributed by atoms with Crippen molar-refractivity contribution in [1.82, 2.24) is 37.2 Å². The maximum Gasteiger partial charge on any atom is 0.330 e. The molecule has 35 heteroatoms. The minimum Gasteiger partial charge on any atom is -0.508 e. The van der Waals surface area contributed by atoms with Crippen LogP contribution in [0.3, 0.4) is 0 Å². The summed E-state index contributed by atoms with van der Waals surface area (Å²) in [5.41, 5.74) is 8.00. The average Bonchev–Trinajstić information content (AvgIpc) is 0.769. The van der Waals surface area contributed by atoms with E-state index < -0.39 is 237 Å². The lowest BCUT2D eigenvalue weighted by Gasteiger charge is -2.47. The lowest BCUT2D eigenvalue weighted by Crippen LogP contribution is -2.64. The number of primary amides is 1. The Labute approximate surface area is 621 Å². The predicted octanol–water partition coefficient (Wildman–Crippen LogP) is 3.29. The number of phenols is 3. The number of ether oxygens (including phenoxy) is 6. The topological polar surface area (TPSA) is 530 Å². The van der Waals surface area contributed by atoms with Gasteiger partial charge in [0.2, 0.25) is 53.4 Å². The molecule has 9 unspecified atom stereocenters. The third-order valence-corrected chi connectivity index (χ3v) is 18.4. The van der Waals surface area contributed by atoms with Crippen molar-refractivity contribution < 1.29 is 118 Å². The van der Waals surface area contributed by atoms with Gasteiger partial charge in [-0.25, -0.2) is 4.79 Å². The molecule has 7 aliphatic rings. The van der Waals surface area contributed by atoms with Gasteiger partial charge >= 0.3 is 5.97 Å². The second kappa shape index (κ2) is 35.5. The molecule has 2 saturated heterocycles. The van der Waals surface area contributed by atoms with E-state index in [1.165, 1.54) is 33.0 Å². The lowest BCUT2D eigenvalue weighted by molar-refractivity contribution is -0.333. The van der Waals surface area contributed by atoms with Crippen LogP contribution in [-0.4, -0.2) is 191 Å². The molecular formula is C71H95Cl2N9O24. The highest BCUT2D eigenvalue weighted by Gasteiger charge is 2.51. The number of carbonyl (C=O) groups is 8. The molecule has 0 radical (unpaired) electrons. The Morgan fingerprint density at radius 3 is 1.82 bits per heavy atom. The number of carboxylic acids is 1. The van der Waals surface area contributed by atoms with Crippen LogP contribution in [-0.2, 0) is 52.6 Å². The first-order valence-corrected chi connectivity index (χ1v) is 32.4. The van der Waals surface area contributed by atoms with Crippen LogP contribution in [0, 0.1) is 5.92 Å². The van der Waals surface area contributed by atoms with E-state index in [9.17, 15) is 75.0 Å².